The first-order valence-electron chi connectivity index (χ1n) is 7.58. The summed E-state index contributed by atoms with van der Waals surface area (Å²) in [7, 11) is 0. The van der Waals surface area contributed by atoms with Gasteiger partial charge in [0.05, 0.1) is 11.4 Å². The fourth-order valence-electron chi connectivity index (χ4n) is 2.74. The van der Waals surface area contributed by atoms with Crippen LogP contribution in [0.5, 0.6) is 5.75 Å². The number of para-hydroxylation sites is 1. The zero-order chi connectivity index (χ0) is 18.1. The fraction of sp³-hybridized carbons (Fsp3) is 0.105. The van der Waals surface area contributed by atoms with Gasteiger partial charge in [-0.25, -0.2) is 4.79 Å². The van der Waals surface area contributed by atoms with Gasteiger partial charge in [-0.3, -0.25) is 4.99 Å². The fourth-order valence-corrected chi connectivity index (χ4v) is 2.74. The van der Waals surface area contributed by atoms with Gasteiger partial charge in [-0.05, 0) is 37.6 Å². The van der Waals surface area contributed by atoms with Crippen LogP contribution in [0.25, 0.3) is 11.0 Å². The number of nitrogens with zero attached hydrogens (tertiary/aromatic N) is 1. The molecule has 7 nitrogen and oxygen atoms in total. The molecule has 0 atom stereocenters. The molecule has 0 saturated carbocycles. The molecule has 3 rings (SSSR count). The number of hydrogen-bond acceptors (Lipinski definition) is 4. The van der Waals surface area contributed by atoms with Crippen molar-refractivity contribution in [2.75, 3.05) is 0 Å². The number of aryl methyl sites for hydroxylation is 1. The minimum atomic E-state index is -0.835. The number of carbonyl (C=O) groups excluding carboxylic acids is 1. The van der Waals surface area contributed by atoms with Gasteiger partial charge in [0.1, 0.15) is 11.1 Å². The maximum atomic E-state index is 11.8. The van der Waals surface area contributed by atoms with Crippen molar-refractivity contribution in [3.8, 4) is 5.75 Å². The molecule has 145 valence electrons. The van der Waals surface area contributed by atoms with Crippen LogP contribution in [0.1, 0.15) is 28.4 Å². The van der Waals surface area contributed by atoms with E-state index < -0.39 is 11.6 Å². The summed E-state index contributed by atoms with van der Waals surface area (Å²) in [6.07, 6.45) is 0. The van der Waals surface area contributed by atoms with E-state index in [-0.39, 0.29) is 33.9 Å². The molecule has 3 aromatic rings. The van der Waals surface area contributed by atoms with Gasteiger partial charge in [0, 0.05) is 39.4 Å². The van der Waals surface area contributed by atoms with E-state index in [0.717, 1.165) is 10.9 Å². The minimum absolute atomic E-state index is 0. The van der Waals surface area contributed by atoms with Gasteiger partial charge in [0.25, 0.3) is 5.75 Å². The second kappa shape index (κ2) is 8.64. The van der Waals surface area contributed by atoms with Crippen LogP contribution in [0.4, 0.5) is 5.69 Å². The average molecular weight is 421 g/mol. The van der Waals surface area contributed by atoms with E-state index >= 15 is 0 Å². The number of aliphatic imine (C=N–C) groups is 1. The Morgan fingerprint density at radius 1 is 1.15 bits per heavy atom. The Morgan fingerprint density at radius 2 is 1.81 bits per heavy atom. The Bertz CT molecular complexity index is 1090. The second-order valence-electron chi connectivity index (χ2n) is 5.66. The normalized spacial score (nSPS) is 10.8. The van der Waals surface area contributed by atoms with Gasteiger partial charge in [0.15, 0.2) is 5.58 Å². The van der Waals surface area contributed by atoms with Crippen LogP contribution in [0.2, 0.25) is 0 Å². The first-order chi connectivity index (χ1) is 11.9. The van der Waals surface area contributed by atoms with E-state index in [1.165, 1.54) is 12.1 Å². The van der Waals surface area contributed by atoms with Crippen LogP contribution in [-0.4, -0.2) is 27.4 Å². The van der Waals surface area contributed by atoms with Crippen LogP contribution < -0.4 is 5.63 Å². The Kier molecular flexibility index (Phi) is 7.07. The van der Waals surface area contributed by atoms with Crippen molar-refractivity contribution < 1.29 is 42.0 Å². The molecule has 0 aliphatic rings. The van der Waals surface area contributed by atoms with Gasteiger partial charge in [-0.1, -0.05) is 12.1 Å². The summed E-state index contributed by atoms with van der Waals surface area (Å²) in [5.74, 6) is -0.671. The molecule has 1 heterocycles. The molecule has 8 heteroatoms. The first kappa shape index (κ1) is 22.1. The molecule has 0 aliphatic heterocycles. The molecular weight excluding hydrogens is 402 g/mol. The predicted octanol–water partition coefficient (Wildman–Crippen LogP) is 1.72. The molecule has 0 saturated heterocycles. The van der Waals surface area contributed by atoms with Crippen LogP contribution >= 0.6 is 0 Å². The van der Waals surface area contributed by atoms with Crippen molar-refractivity contribution in [3.05, 3.63) is 69.6 Å². The standard InChI is InChI=1S/C19H15NO5.Cu.H2O/c1-10-9-16(22)25-18-12(10)7-8-15(21)17(18)11(2)20-14-6-4-3-5-13(14)19(23)24;;/h3-9,21H,1-2H3,(H,23,24);;1H2/p+2. The van der Waals surface area contributed by atoms with Crippen LogP contribution in [0, 0.1) is 6.92 Å². The van der Waals surface area contributed by atoms with Gasteiger partial charge in [-0.2, -0.15) is 0 Å². The van der Waals surface area contributed by atoms with E-state index in [1.54, 1.807) is 44.2 Å². The van der Waals surface area contributed by atoms with Crippen LogP contribution in [-0.2, 0) is 17.1 Å². The van der Waals surface area contributed by atoms with E-state index in [2.05, 4.69) is 4.99 Å². The van der Waals surface area contributed by atoms with Gasteiger partial charge in [0.2, 0.25) is 0 Å². The van der Waals surface area contributed by atoms with Gasteiger partial charge >= 0.3 is 11.6 Å². The van der Waals surface area contributed by atoms with E-state index in [0.29, 0.717) is 22.5 Å². The quantitative estimate of drug-likeness (QED) is 0.276. The molecule has 0 unspecified atom stereocenters. The molecular formula is C19H19CuNO6+2. The van der Waals surface area contributed by atoms with Crippen molar-refractivity contribution in [1.82, 2.24) is 0 Å². The molecule has 0 bridgehead atoms. The Hall–Kier alpha value is -2.93. The topological polar surface area (TPSA) is 137 Å². The monoisotopic (exact) mass is 420 g/mol. The number of hydrogen-bond donors (Lipinski definition) is 0. The molecule has 1 aromatic heterocycles. The molecule has 0 amide bonds. The summed E-state index contributed by atoms with van der Waals surface area (Å²) < 4.78 is 5.33. The molecule has 1 radical (unpaired) electrons. The molecule has 2 aromatic carbocycles. The molecule has 0 spiro atoms. The number of rotatable bonds is 3. The number of carbonyl (C=O) groups is 1. The van der Waals surface area contributed by atoms with Crippen LogP contribution in [0.15, 0.2) is 56.7 Å². The summed E-state index contributed by atoms with van der Waals surface area (Å²) in [4.78, 5) is 27.6. The molecule has 27 heavy (non-hydrogen) atoms. The summed E-state index contributed by atoms with van der Waals surface area (Å²) in [6, 6.07) is 11.3. The third-order valence-electron chi connectivity index (χ3n) is 3.92. The molecule has 6 N–H and O–H groups in total. The zero-order valence-corrected chi connectivity index (χ0v) is 15.5. The minimum Gasteiger partial charge on any atom is -0.593 e. The van der Waals surface area contributed by atoms with Crippen molar-refractivity contribution in [2.24, 2.45) is 4.99 Å². The van der Waals surface area contributed by atoms with Gasteiger partial charge < -0.3 is 20.1 Å². The Balaban J connectivity index is 0.00000182. The van der Waals surface area contributed by atoms with Crippen molar-refractivity contribution in [3.63, 3.8) is 0 Å². The maximum Gasteiger partial charge on any atom is 0.551 e. The van der Waals surface area contributed by atoms with Crippen molar-refractivity contribution in [2.45, 2.75) is 13.8 Å². The Morgan fingerprint density at radius 3 is 2.48 bits per heavy atom. The smallest absolute Gasteiger partial charge is 0.551 e. The third kappa shape index (κ3) is 4.25. The van der Waals surface area contributed by atoms with Crippen LogP contribution in [0.3, 0.4) is 0 Å². The third-order valence-corrected chi connectivity index (χ3v) is 3.92. The summed E-state index contributed by atoms with van der Waals surface area (Å²) in [6.45, 7) is 3.48. The summed E-state index contributed by atoms with van der Waals surface area (Å²) in [5, 5.41) is 16.2. The summed E-state index contributed by atoms with van der Waals surface area (Å²) >= 11 is 0. The largest absolute Gasteiger partial charge is 0.593 e. The maximum absolute atomic E-state index is 11.8. The number of fused-ring (bicyclic) bond motifs is 1. The SMILES string of the molecule is CC(=Nc1ccccc1C(=O)[OH2+])c1c([OH2+])ccc2c(C)cc(=O)oc12.O.[Cu]. The second-order valence-corrected chi connectivity index (χ2v) is 5.66. The average Bonchev–Trinajstić information content (AvgIpc) is 2.54. The van der Waals surface area contributed by atoms with Crippen molar-refractivity contribution in [1.29, 1.82) is 0 Å². The molecule has 0 fully saturated rings. The van der Waals surface area contributed by atoms with E-state index in [4.69, 9.17) is 14.6 Å². The first-order valence-corrected chi connectivity index (χ1v) is 7.58. The van der Waals surface area contributed by atoms with E-state index in [1.807, 2.05) is 0 Å². The van der Waals surface area contributed by atoms with E-state index in [9.17, 15) is 9.59 Å². The van der Waals surface area contributed by atoms with Gasteiger partial charge in [-0.15, -0.1) is 0 Å². The molecule has 0 aliphatic carbocycles. The summed E-state index contributed by atoms with van der Waals surface area (Å²) in [5.41, 5.74) is 1.89. The van der Waals surface area contributed by atoms with Crippen molar-refractivity contribution >= 4 is 28.3 Å². The zero-order valence-electron chi connectivity index (χ0n) is 14.5. The number of benzene rings is 2. The predicted molar refractivity (Wildman–Crippen MR) is 100 cm³/mol. The Labute approximate surface area is 164 Å².